The van der Waals surface area contributed by atoms with E-state index in [1.165, 1.54) is 12.2 Å². The molecule has 0 aliphatic heterocycles. The molecule has 2 nitrogen and oxygen atoms in total. The molecule has 8 heavy (non-hydrogen) atoms. The maximum atomic E-state index is 8.67. The highest BCUT2D eigenvalue weighted by atomic mass is 16.3. The van der Waals surface area contributed by atoms with Gasteiger partial charge in [-0.1, -0.05) is 0 Å². The van der Waals surface area contributed by atoms with Gasteiger partial charge in [0.2, 0.25) is 0 Å². The molecule has 0 spiro atoms. The van der Waals surface area contributed by atoms with E-state index in [0.29, 0.717) is 0 Å². The Labute approximate surface area is 48.8 Å². The Morgan fingerprint density at radius 3 is 1.38 bits per heavy atom. The molecule has 2 heteroatoms. The fourth-order valence-corrected chi connectivity index (χ4v) is 0.296. The number of hydrogen-bond donors (Lipinski definition) is 2. The lowest BCUT2D eigenvalue weighted by atomic mass is 10.4. The van der Waals surface area contributed by atoms with Crippen molar-refractivity contribution in [2.45, 2.75) is 13.8 Å². The van der Waals surface area contributed by atoms with E-state index < -0.39 is 0 Å². The fraction of sp³-hybridized carbons (Fsp3) is 0.333. The van der Waals surface area contributed by atoms with Crippen molar-refractivity contribution in [2.75, 3.05) is 0 Å². The molecule has 2 N–H and O–H groups in total. The predicted octanol–water partition coefficient (Wildman–Crippen LogP) is 1.91. The van der Waals surface area contributed by atoms with Gasteiger partial charge in [-0.05, 0) is 26.0 Å². The van der Waals surface area contributed by atoms with E-state index in [1.807, 2.05) is 0 Å². The highest BCUT2D eigenvalue weighted by Gasteiger charge is 1.92. The fourth-order valence-electron chi connectivity index (χ4n) is 0.296. The minimum absolute atomic E-state index is 0.0764. The van der Waals surface area contributed by atoms with Gasteiger partial charge in [-0.2, -0.15) is 0 Å². The van der Waals surface area contributed by atoms with Crippen LogP contribution in [0.1, 0.15) is 13.8 Å². The van der Waals surface area contributed by atoms with Crippen molar-refractivity contribution in [3.63, 3.8) is 0 Å². The molecule has 46 valence electrons. The molecule has 0 fully saturated rings. The third-order valence-electron chi connectivity index (χ3n) is 0.809. The summed E-state index contributed by atoms with van der Waals surface area (Å²) < 4.78 is 0. The Morgan fingerprint density at radius 1 is 1.00 bits per heavy atom. The van der Waals surface area contributed by atoms with E-state index in [9.17, 15) is 0 Å². The van der Waals surface area contributed by atoms with Gasteiger partial charge in [-0.3, -0.25) is 0 Å². The molecule has 0 saturated heterocycles. The molecule has 0 unspecified atom stereocenters. The monoisotopic (exact) mass is 114 g/mol. The topological polar surface area (TPSA) is 40.5 Å². The average molecular weight is 114 g/mol. The number of hydrogen-bond acceptors (Lipinski definition) is 2. The molecule has 0 bridgehead atoms. The summed E-state index contributed by atoms with van der Waals surface area (Å²) in [6.45, 7) is 3.30. The molecule has 0 rings (SSSR count). The second kappa shape index (κ2) is 3.13. The van der Waals surface area contributed by atoms with E-state index in [-0.39, 0.29) is 11.5 Å². The van der Waals surface area contributed by atoms with Crippen LogP contribution in [0, 0.1) is 0 Å². The van der Waals surface area contributed by atoms with Gasteiger partial charge in [-0.15, -0.1) is 0 Å². The SMILES string of the molecule is C/C=C(O)/C(O)=C/C. The van der Waals surface area contributed by atoms with Crippen LogP contribution < -0.4 is 0 Å². The van der Waals surface area contributed by atoms with Crippen LogP contribution in [0.3, 0.4) is 0 Å². The van der Waals surface area contributed by atoms with Gasteiger partial charge >= 0.3 is 0 Å². The highest BCUT2D eigenvalue weighted by molar-refractivity contribution is 5.15. The van der Waals surface area contributed by atoms with Crippen LogP contribution in [0.5, 0.6) is 0 Å². The third-order valence-corrected chi connectivity index (χ3v) is 0.809. The Bertz CT molecular complexity index is 106. The van der Waals surface area contributed by atoms with Crippen molar-refractivity contribution in [3.8, 4) is 0 Å². The lowest BCUT2D eigenvalue weighted by molar-refractivity contribution is 0.325. The van der Waals surface area contributed by atoms with Crippen molar-refractivity contribution < 1.29 is 10.2 Å². The van der Waals surface area contributed by atoms with Gasteiger partial charge in [0.05, 0.1) is 0 Å². The summed E-state index contributed by atoms with van der Waals surface area (Å²) in [6.07, 6.45) is 2.85. The second-order valence-corrected chi connectivity index (χ2v) is 1.35. The van der Waals surface area contributed by atoms with E-state index in [1.54, 1.807) is 13.8 Å². The van der Waals surface area contributed by atoms with Crippen LogP contribution in [-0.4, -0.2) is 10.2 Å². The molecule has 0 saturated carbocycles. The molecule has 0 aromatic heterocycles. The van der Waals surface area contributed by atoms with Crippen molar-refractivity contribution in [1.29, 1.82) is 0 Å². The Hall–Kier alpha value is -0.920. The average Bonchev–Trinajstić information content (AvgIpc) is 1.84. The minimum Gasteiger partial charge on any atom is -0.504 e. The number of aliphatic hydroxyl groups excluding tert-OH is 2. The first kappa shape index (κ1) is 7.08. The maximum absolute atomic E-state index is 8.67. The Kier molecular flexibility index (Phi) is 2.77. The van der Waals surface area contributed by atoms with Crippen LogP contribution in [0.15, 0.2) is 23.7 Å². The summed E-state index contributed by atoms with van der Waals surface area (Å²) in [4.78, 5) is 0. The molecule has 0 aliphatic carbocycles. The van der Waals surface area contributed by atoms with Crippen LogP contribution in [-0.2, 0) is 0 Å². The van der Waals surface area contributed by atoms with E-state index in [0.717, 1.165) is 0 Å². The predicted molar refractivity (Wildman–Crippen MR) is 32.8 cm³/mol. The van der Waals surface area contributed by atoms with Crippen molar-refractivity contribution in [2.24, 2.45) is 0 Å². The number of rotatable bonds is 1. The summed E-state index contributed by atoms with van der Waals surface area (Å²) in [5.74, 6) is -0.153. The highest BCUT2D eigenvalue weighted by Crippen LogP contribution is 1.99. The molecule has 0 aliphatic rings. The van der Waals surface area contributed by atoms with Crippen LogP contribution in [0.4, 0.5) is 0 Å². The molecule has 0 heterocycles. The molecular weight excluding hydrogens is 104 g/mol. The summed E-state index contributed by atoms with van der Waals surface area (Å²) in [7, 11) is 0. The number of allylic oxidation sites excluding steroid dienone is 2. The van der Waals surface area contributed by atoms with E-state index in [2.05, 4.69) is 0 Å². The zero-order valence-corrected chi connectivity index (χ0v) is 5.05. The van der Waals surface area contributed by atoms with Crippen LogP contribution in [0.25, 0.3) is 0 Å². The van der Waals surface area contributed by atoms with Gasteiger partial charge in [0.1, 0.15) is 0 Å². The van der Waals surface area contributed by atoms with E-state index >= 15 is 0 Å². The normalized spacial score (nSPS) is 14.2. The first-order valence-electron chi connectivity index (χ1n) is 2.43. The van der Waals surface area contributed by atoms with Crippen molar-refractivity contribution in [1.82, 2.24) is 0 Å². The Morgan fingerprint density at radius 2 is 1.25 bits per heavy atom. The Balaban J connectivity index is 4.04. The van der Waals surface area contributed by atoms with Crippen molar-refractivity contribution in [3.05, 3.63) is 23.7 Å². The lowest BCUT2D eigenvalue weighted by Crippen LogP contribution is -1.83. The molecule has 0 aromatic carbocycles. The van der Waals surface area contributed by atoms with Gasteiger partial charge in [0, 0.05) is 0 Å². The van der Waals surface area contributed by atoms with Gasteiger partial charge in [0.15, 0.2) is 11.5 Å². The van der Waals surface area contributed by atoms with Gasteiger partial charge in [-0.25, -0.2) is 0 Å². The molecule has 0 aromatic rings. The standard InChI is InChI=1S/C6H10O2/c1-3-5(7)6(8)4-2/h3-4,7-8H,1-2H3/b5-3-,6-4-. The maximum Gasteiger partial charge on any atom is 0.152 e. The molecule has 0 atom stereocenters. The summed E-state index contributed by atoms with van der Waals surface area (Å²) >= 11 is 0. The lowest BCUT2D eigenvalue weighted by Gasteiger charge is -1.92. The molecular formula is C6H10O2. The molecule has 0 radical (unpaired) electrons. The summed E-state index contributed by atoms with van der Waals surface area (Å²) in [5, 5.41) is 17.3. The van der Waals surface area contributed by atoms with Crippen molar-refractivity contribution >= 4 is 0 Å². The smallest absolute Gasteiger partial charge is 0.152 e. The quantitative estimate of drug-likeness (QED) is 0.404. The summed E-state index contributed by atoms with van der Waals surface area (Å²) in [5.41, 5.74) is 0. The van der Waals surface area contributed by atoms with Gasteiger partial charge < -0.3 is 10.2 Å². The number of aliphatic hydroxyl groups is 2. The minimum atomic E-state index is -0.0764. The second-order valence-electron chi connectivity index (χ2n) is 1.35. The van der Waals surface area contributed by atoms with Crippen LogP contribution in [0.2, 0.25) is 0 Å². The zero-order chi connectivity index (χ0) is 6.57. The third kappa shape index (κ3) is 1.69. The van der Waals surface area contributed by atoms with Crippen LogP contribution >= 0.6 is 0 Å². The van der Waals surface area contributed by atoms with Gasteiger partial charge in [0.25, 0.3) is 0 Å². The zero-order valence-electron chi connectivity index (χ0n) is 5.05. The van der Waals surface area contributed by atoms with E-state index in [4.69, 9.17) is 10.2 Å². The first-order valence-corrected chi connectivity index (χ1v) is 2.43. The first-order chi connectivity index (χ1) is 3.72. The molecule has 0 amide bonds. The summed E-state index contributed by atoms with van der Waals surface area (Å²) in [6, 6.07) is 0. The largest absolute Gasteiger partial charge is 0.504 e.